The first kappa shape index (κ1) is 29.6. The van der Waals surface area contributed by atoms with Crippen molar-refractivity contribution in [2.24, 2.45) is 23.7 Å². The molecule has 6 N–H and O–H groups in total. The van der Waals surface area contributed by atoms with Crippen molar-refractivity contribution in [3.05, 3.63) is 5.92 Å². The van der Waals surface area contributed by atoms with Gasteiger partial charge in [0, 0.05) is 20.1 Å². The summed E-state index contributed by atoms with van der Waals surface area (Å²) in [4.78, 5) is 0. The van der Waals surface area contributed by atoms with Crippen LogP contribution in [0.25, 0.3) is 0 Å². The van der Waals surface area contributed by atoms with Crippen LogP contribution >= 0.6 is 0 Å². The molecule has 0 aromatic carbocycles. The van der Waals surface area contributed by atoms with Crippen LogP contribution in [0.2, 0.25) is 0 Å². The summed E-state index contributed by atoms with van der Waals surface area (Å²) in [7, 11) is 0. The fraction of sp³-hybridized carbons (Fsp3) is 0.909. The third kappa shape index (κ3) is 5.41. The molecule has 1 rings (SSSR count). The van der Waals surface area contributed by atoms with Crippen LogP contribution in [0.4, 0.5) is 0 Å². The van der Waals surface area contributed by atoms with E-state index in [0.29, 0.717) is 0 Å². The van der Waals surface area contributed by atoms with Gasteiger partial charge in [0.2, 0.25) is 0 Å². The fourth-order valence-corrected chi connectivity index (χ4v) is 2.15. The molecule has 0 amide bonds. The summed E-state index contributed by atoms with van der Waals surface area (Å²) in [6.07, 6.45) is 0. The molecule has 0 bridgehead atoms. The van der Waals surface area contributed by atoms with E-state index in [1.807, 2.05) is 0 Å². The summed E-state index contributed by atoms with van der Waals surface area (Å²) in [5.74, 6) is 5.21. The van der Waals surface area contributed by atoms with Gasteiger partial charge in [-0.2, -0.15) is 18.8 Å². The molecular formula is C11H29IrO3-. The van der Waals surface area contributed by atoms with Gasteiger partial charge in [0.15, 0.2) is 0 Å². The Morgan fingerprint density at radius 2 is 0.933 bits per heavy atom. The third-order valence-corrected chi connectivity index (χ3v) is 3.84. The molecule has 4 atom stereocenters. The molecule has 3 nitrogen and oxygen atoms in total. The second-order valence-corrected chi connectivity index (χ2v) is 4.04. The van der Waals surface area contributed by atoms with E-state index in [2.05, 4.69) is 34.6 Å². The minimum Gasteiger partial charge on any atom is -0.412 e. The molecule has 1 saturated carbocycles. The van der Waals surface area contributed by atoms with Crippen molar-refractivity contribution in [1.29, 1.82) is 0 Å². The van der Waals surface area contributed by atoms with E-state index in [-0.39, 0.29) is 44.0 Å². The first-order chi connectivity index (χ1) is 4.55. The van der Waals surface area contributed by atoms with Gasteiger partial charge in [-0.1, -0.05) is 47.0 Å². The molecule has 1 aliphatic carbocycles. The maximum absolute atomic E-state index is 2.38. The summed E-state index contributed by atoms with van der Waals surface area (Å²) in [5, 5.41) is 0. The van der Waals surface area contributed by atoms with Crippen LogP contribution in [0.3, 0.4) is 0 Å². The van der Waals surface area contributed by atoms with Crippen molar-refractivity contribution in [3.8, 4) is 0 Å². The molecule has 0 heterocycles. The van der Waals surface area contributed by atoms with Crippen LogP contribution in [0, 0.1) is 29.6 Å². The zero-order valence-electron chi connectivity index (χ0n) is 9.64. The Morgan fingerprint density at radius 1 is 0.733 bits per heavy atom. The Hall–Kier alpha value is 0.529. The van der Waals surface area contributed by atoms with Gasteiger partial charge in [0.05, 0.1) is 0 Å². The zero-order chi connectivity index (χ0) is 7.89. The van der Waals surface area contributed by atoms with Crippen molar-refractivity contribution in [1.82, 2.24) is 0 Å². The van der Waals surface area contributed by atoms with Crippen molar-refractivity contribution >= 4 is 0 Å². The predicted octanol–water partition coefficient (Wildman–Crippen LogP) is 1.30. The standard InChI is InChI=1S/C10H19.CH4.Ir.3H2O/c1-6-7(2)9(4)10(5)8(6)3;;;;;/h6-9H,1-5H3;1H4;;3*1H2/q-1;;;;;. The SMILES string of the molecule is C.C[C-]1C(C)C(C)C(C)C1C.O.O.O.[Ir]. The summed E-state index contributed by atoms with van der Waals surface area (Å²) in [6, 6.07) is 0. The second-order valence-electron chi connectivity index (χ2n) is 4.04. The van der Waals surface area contributed by atoms with Crippen LogP contribution in [0.15, 0.2) is 0 Å². The van der Waals surface area contributed by atoms with E-state index >= 15 is 0 Å². The van der Waals surface area contributed by atoms with Gasteiger partial charge in [-0.3, -0.25) is 0 Å². The second kappa shape index (κ2) is 11.0. The third-order valence-electron chi connectivity index (χ3n) is 3.84. The van der Waals surface area contributed by atoms with Crippen LogP contribution in [-0.4, -0.2) is 16.4 Å². The normalized spacial score (nSPS) is 33.4. The Labute approximate surface area is 108 Å². The quantitative estimate of drug-likeness (QED) is 0.547. The van der Waals surface area contributed by atoms with Crippen molar-refractivity contribution in [2.45, 2.75) is 42.0 Å². The molecule has 0 saturated heterocycles. The average molecular weight is 402 g/mol. The predicted molar refractivity (Wildman–Crippen MR) is 63.1 cm³/mol. The van der Waals surface area contributed by atoms with Crippen molar-refractivity contribution in [2.75, 3.05) is 0 Å². The molecule has 0 spiro atoms. The van der Waals surface area contributed by atoms with E-state index in [4.69, 9.17) is 0 Å². The van der Waals surface area contributed by atoms with Gasteiger partial charge in [0.1, 0.15) is 0 Å². The van der Waals surface area contributed by atoms with E-state index in [1.54, 1.807) is 5.92 Å². The Bertz CT molecular complexity index is 88.2. The first-order valence-electron chi connectivity index (χ1n) is 4.39. The summed E-state index contributed by atoms with van der Waals surface area (Å²) < 4.78 is 0. The summed E-state index contributed by atoms with van der Waals surface area (Å²) in [5.41, 5.74) is 0. The smallest absolute Gasteiger partial charge is 0 e. The number of hydrogen-bond acceptors (Lipinski definition) is 0. The Morgan fingerprint density at radius 3 is 1.00 bits per heavy atom. The molecule has 1 aliphatic rings. The molecule has 0 aromatic rings. The van der Waals surface area contributed by atoms with Gasteiger partial charge in [0.25, 0.3) is 0 Å². The zero-order valence-corrected chi connectivity index (χ0v) is 12.0. The first-order valence-corrected chi connectivity index (χ1v) is 4.39. The molecule has 4 heteroatoms. The molecule has 1 radical (unpaired) electrons. The van der Waals surface area contributed by atoms with Gasteiger partial charge < -0.3 is 22.3 Å². The molecule has 0 aromatic heterocycles. The maximum Gasteiger partial charge on any atom is 0 e. The van der Waals surface area contributed by atoms with E-state index in [9.17, 15) is 0 Å². The average Bonchev–Trinajstić information content (AvgIpc) is 2.07. The largest absolute Gasteiger partial charge is 0.412 e. The van der Waals surface area contributed by atoms with Crippen LogP contribution in [0.1, 0.15) is 42.0 Å². The molecular weight excluding hydrogens is 372 g/mol. The van der Waals surface area contributed by atoms with Crippen LogP contribution in [0.5, 0.6) is 0 Å². The van der Waals surface area contributed by atoms with Crippen LogP contribution < -0.4 is 0 Å². The topological polar surface area (TPSA) is 94.5 Å². The van der Waals surface area contributed by atoms with E-state index in [1.165, 1.54) is 0 Å². The van der Waals surface area contributed by atoms with Gasteiger partial charge >= 0.3 is 0 Å². The van der Waals surface area contributed by atoms with E-state index in [0.717, 1.165) is 23.7 Å². The number of rotatable bonds is 0. The molecule has 0 aliphatic heterocycles. The van der Waals surface area contributed by atoms with Crippen LogP contribution in [-0.2, 0) is 20.1 Å². The summed E-state index contributed by atoms with van der Waals surface area (Å²) >= 11 is 0. The molecule has 15 heavy (non-hydrogen) atoms. The Balaban J connectivity index is -0.0000000667. The summed E-state index contributed by atoms with van der Waals surface area (Å²) in [6.45, 7) is 11.8. The maximum atomic E-state index is 2.38. The van der Waals surface area contributed by atoms with Crippen molar-refractivity contribution < 1.29 is 36.5 Å². The van der Waals surface area contributed by atoms with E-state index < -0.39 is 0 Å². The fourth-order valence-electron chi connectivity index (χ4n) is 2.15. The minimum absolute atomic E-state index is 0. The molecule has 1 fully saturated rings. The molecule has 101 valence electrons. The van der Waals surface area contributed by atoms with Crippen molar-refractivity contribution in [3.63, 3.8) is 0 Å². The van der Waals surface area contributed by atoms with Gasteiger partial charge in [-0.15, -0.1) is 0 Å². The monoisotopic (exact) mass is 402 g/mol. The Kier molecular flexibility index (Phi) is 21.7. The number of hydrogen-bond donors (Lipinski definition) is 0. The van der Waals surface area contributed by atoms with Gasteiger partial charge in [-0.05, 0) is 0 Å². The van der Waals surface area contributed by atoms with Gasteiger partial charge in [-0.25, -0.2) is 0 Å². The molecule has 4 unspecified atom stereocenters. The minimum atomic E-state index is 0.